The van der Waals surface area contributed by atoms with Gasteiger partial charge in [-0.05, 0) is 53.4 Å². The molecular weight excluding hydrogens is 378 g/mol. The van der Waals surface area contributed by atoms with E-state index >= 15 is 0 Å². The minimum atomic E-state index is -0.135. The standard InChI is InChI=1S/C20H15N3O2S2/c24-19(15-1-3-17(4-2-15)25-20-22-8-10-27-20)23-12-14-5-7-21-18(11-14)16-6-9-26-13-16/h1-11,13H,12H2,(H,23,24). The summed E-state index contributed by atoms with van der Waals surface area (Å²) in [6, 6.07) is 12.9. The van der Waals surface area contributed by atoms with E-state index in [2.05, 4.69) is 20.7 Å². The van der Waals surface area contributed by atoms with Crippen molar-refractivity contribution in [3.63, 3.8) is 0 Å². The fraction of sp³-hybridized carbons (Fsp3) is 0.0500. The Kier molecular flexibility index (Phi) is 5.22. The molecule has 0 saturated carbocycles. The van der Waals surface area contributed by atoms with Gasteiger partial charge in [0, 0.05) is 40.8 Å². The minimum Gasteiger partial charge on any atom is -0.431 e. The van der Waals surface area contributed by atoms with Gasteiger partial charge in [0.15, 0.2) is 0 Å². The topological polar surface area (TPSA) is 64.1 Å². The van der Waals surface area contributed by atoms with Crippen molar-refractivity contribution in [3.8, 4) is 22.2 Å². The molecule has 27 heavy (non-hydrogen) atoms. The third-order valence-corrected chi connectivity index (χ3v) is 5.16. The fourth-order valence-electron chi connectivity index (χ4n) is 2.47. The van der Waals surface area contributed by atoms with Crippen LogP contribution in [0.1, 0.15) is 15.9 Å². The highest BCUT2D eigenvalue weighted by Gasteiger charge is 2.08. The second-order valence-electron chi connectivity index (χ2n) is 5.67. The van der Waals surface area contributed by atoms with Crippen molar-refractivity contribution < 1.29 is 9.53 Å². The number of benzene rings is 1. The van der Waals surface area contributed by atoms with E-state index in [1.807, 2.05) is 29.0 Å². The maximum Gasteiger partial charge on any atom is 0.278 e. The number of ether oxygens (including phenoxy) is 1. The SMILES string of the molecule is O=C(NCc1ccnc(-c2ccsc2)c1)c1ccc(Oc2nccs2)cc1. The molecule has 1 N–H and O–H groups in total. The van der Waals surface area contributed by atoms with Gasteiger partial charge in [0.2, 0.25) is 0 Å². The number of thiophene rings is 1. The van der Waals surface area contributed by atoms with Crippen molar-refractivity contribution in [2.45, 2.75) is 6.54 Å². The highest BCUT2D eigenvalue weighted by Crippen LogP contribution is 2.23. The molecular formula is C20H15N3O2S2. The molecule has 4 aromatic rings. The van der Waals surface area contributed by atoms with Gasteiger partial charge >= 0.3 is 0 Å². The molecule has 0 unspecified atom stereocenters. The number of amides is 1. The predicted molar refractivity (Wildman–Crippen MR) is 107 cm³/mol. The maximum absolute atomic E-state index is 12.4. The lowest BCUT2D eigenvalue weighted by molar-refractivity contribution is 0.0951. The number of rotatable bonds is 6. The molecule has 3 aromatic heterocycles. The van der Waals surface area contributed by atoms with E-state index in [4.69, 9.17) is 4.74 Å². The first-order chi connectivity index (χ1) is 13.3. The van der Waals surface area contributed by atoms with Crippen molar-refractivity contribution >= 4 is 28.6 Å². The molecule has 0 aliphatic carbocycles. The van der Waals surface area contributed by atoms with E-state index in [1.165, 1.54) is 11.3 Å². The molecule has 7 heteroatoms. The summed E-state index contributed by atoms with van der Waals surface area (Å²) in [5, 5.41) is 9.44. The lowest BCUT2D eigenvalue weighted by Crippen LogP contribution is -2.22. The quantitative estimate of drug-likeness (QED) is 0.501. The summed E-state index contributed by atoms with van der Waals surface area (Å²) in [4.78, 5) is 20.8. The van der Waals surface area contributed by atoms with Gasteiger partial charge < -0.3 is 10.1 Å². The van der Waals surface area contributed by atoms with Gasteiger partial charge in [0.05, 0.1) is 5.69 Å². The van der Waals surface area contributed by atoms with E-state index in [1.54, 1.807) is 48.0 Å². The van der Waals surface area contributed by atoms with Crippen LogP contribution in [-0.4, -0.2) is 15.9 Å². The van der Waals surface area contributed by atoms with Gasteiger partial charge in [-0.2, -0.15) is 11.3 Å². The molecule has 1 aromatic carbocycles. The molecule has 0 atom stereocenters. The number of nitrogens with zero attached hydrogens (tertiary/aromatic N) is 2. The molecule has 0 aliphatic heterocycles. The molecule has 0 spiro atoms. The molecule has 3 heterocycles. The molecule has 0 fully saturated rings. The van der Waals surface area contributed by atoms with Crippen LogP contribution in [-0.2, 0) is 6.54 Å². The molecule has 0 saturated heterocycles. The lowest BCUT2D eigenvalue weighted by Gasteiger charge is -2.07. The Bertz CT molecular complexity index is 1010. The van der Waals surface area contributed by atoms with E-state index in [-0.39, 0.29) is 5.91 Å². The Hall–Kier alpha value is -3.03. The van der Waals surface area contributed by atoms with E-state index in [0.717, 1.165) is 16.8 Å². The van der Waals surface area contributed by atoms with Crippen LogP contribution in [0.3, 0.4) is 0 Å². The third kappa shape index (κ3) is 4.39. The molecule has 134 valence electrons. The van der Waals surface area contributed by atoms with Gasteiger partial charge in [0.25, 0.3) is 11.1 Å². The molecule has 0 aliphatic rings. The first kappa shape index (κ1) is 17.4. The molecule has 0 bridgehead atoms. The zero-order valence-corrected chi connectivity index (χ0v) is 15.8. The number of pyridine rings is 1. The average Bonchev–Trinajstić information content (AvgIpc) is 3.41. The smallest absolute Gasteiger partial charge is 0.278 e. The second kappa shape index (κ2) is 8.11. The van der Waals surface area contributed by atoms with Crippen LogP contribution in [0.25, 0.3) is 11.3 Å². The van der Waals surface area contributed by atoms with E-state index < -0.39 is 0 Å². The van der Waals surface area contributed by atoms with Gasteiger partial charge in [0.1, 0.15) is 5.75 Å². The summed E-state index contributed by atoms with van der Waals surface area (Å²) in [6.45, 7) is 0.440. The molecule has 1 amide bonds. The van der Waals surface area contributed by atoms with Gasteiger partial charge in [-0.15, -0.1) is 0 Å². The first-order valence-corrected chi connectivity index (χ1v) is 10.0. The van der Waals surface area contributed by atoms with Crippen LogP contribution in [0, 0.1) is 0 Å². The summed E-state index contributed by atoms with van der Waals surface area (Å²) in [5.41, 5.74) is 3.58. The Morgan fingerprint density at radius 2 is 1.93 bits per heavy atom. The Balaban J connectivity index is 1.37. The zero-order valence-electron chi connectivity index (χ0n) is 14.2. The summed E-state index contributed by atoms with van der Waals surface area (Å²) < 4.78 is 5.60. The highest BCUT2D eigenvalue weighted by atomic mass is 32.1. The molecule has 0 radical (unpaired) electrons. The van der Waals surface area contributed by atoms with Gasteiger partial charge in [-0.25, -0.2) is 4.98 Å². The first-order valence-electron chi connectivity index (χ1n) is 8.21. The van der Waals surface area contributed by atoms with Gasteiger partial charge in [-0.1, -0.05) is 11.3 Å². The lowest BCUT2D eigenvalue weighted by atomic mass is 10.1. The van der Waals surface area contributed by atoms with Gasteiger partial charge in [-0.3, -0.25) is 9.78 Å². The molecule has 4 rings (SSSR count). The van der Waals surface area contributed by atoms with Crippen molar-refractivity contribution in [1.29, 1.82) is 0 Å². The molecule has 5 nitrogen and oxygen atoms in total. The summed E-state index contributed by atoms with van der Waals surface area (Å²) in [7, 11) is 0. The number of carbonyl (C=O) groups excluding carboxylic acids is 1. The number of thiazole rings is 1. The minimum absolute atomic E-state index is 0.135. The number of carbonyl (C=O) groups is 1. The number of hydrogen-bond acceptors (Lipinski definition) is 6. The monoisotopic (exact) mass is 393 g/mol. The Morgan fingerprint density at radius 3 is 2.67 bits per heavy atom. The normalized spacial score (nSPS) is 10.5. The Labute approximate surface area is 164 Å². The van der Waals surface area contributed by atoms with Crippen molar-refractivity contribution in [2.24, 2.45) is 0 Å². The largest absolute Gasteiger partial charge is 0.431 e. The fourth-order valence-corrected chi connectivity index (χ4v) is 3.63. The van der Waals surface area contributed by atoms with Crippen LogP contribution in [0.15, 0.2) is 71.0 Å². The average molecular weight is 393 g/mol. The van der Waals surface area contributed by atoms with E-state index in [0.29, 0.717) is 23.1 Å². The van der Waals surface area contributed by atoms with E-state index in [9.17, 15) is 4.79 Å². The summed E-state index contributed by atoms with van der Waals surface area (Å²) >= 11 is 3.05. The van der Waals surface area contributed by atoms with Crippen molar-refractivity contribution in [3.05, 3.63) is 82.1 Å². The Morgan fingerprint density at radius 1 is 1.04 bits per heavy atom. The summed E-state index contributed by atoms with van der Waals surface area (Å²) in [5.74, 6) is 0.515. The third-order valence-electron chi connectivity index (χ3n) is 3.83. The predicted octanol–water partition coefficient (Wildman–Crippen LogP) is 4.99. The van der Waals surface area contributed by atoms with Crippen LogP contribution >= 0.6 is 22.7 Å². The van der Waals surface area contributed by atoms with Crippen LogP contribution in [0.4, 0.5) is 0 Å². The number of nitrogens with one attached hydrogen (secondary N) is 1. The number of hydrogen-bond donors (Lipinski definition) is 1. The van der Waals surface area contributed by atoms with Crippen LogP contribution < -0.4 is 10.1 Å². The van der Waals surface area contributed by atoms with Crippen molar-refractivity contribution in [2.75, 3.05) is 0 Å². The van der Waals surface area contributed by atoms with Crippen molar-refractivity contribution in [1.82, 2.24) is 15.3 Å². The number of aromatic nitrogens is 2. The summed E-state index contributed by atoms with van der Waals surface area (Å²) in [6.07, 6.45) is 3.45. The zero-order chi connectivity index (χ0) is 18.5. The maximum atomic E-state index is 12.4. The van der Waals surface area contributed by atoms with Crippen LogP contribution in [0.2, 0.25) is 0 Å². The second-order valence-corrected chi connectivity index (χ2v) is 7.31. The van der Waals surface area contributed by atoms with Crippen LogP contribution in [0.5, 0.6) is 10.9 Å². The highest BCUT2D eigenvalue weighted by molar-refractivity contribution is 7.11.